The summed E-state index contributed by atoms with van der Waals surface area (Å²) in [6.45, 7) is 8.41. The summed E-state index contributed by atoms with van der Waals surface area (Å²) >= 11 is 0. The third-order valence-electron chi connectivity index (χ3n) is 5.64. The van der Waals surface area contributed by atoms with Crippen molar-refractivity contribution < 1.29 is 9.47 Å². The second-order valence-electron chi connectivity index (χ2n) is 8.29. The fourth-order valence-electron chi connectivity index (χ4n) is 3.82. The molecule has 0 saturated carbocycles. The highest BCUT2D eigenvalue weighted by molar-refractivity contribution is 14.0. The minimum Gasteiger partial charge on any atom is -0.490 e. The molecule has 0 aliphatic carbocycles. The molecule has 2 heterocycles. The molecule has 0 saturated heterocycles. The molecule has 0 fully saturated rings. The summed E-state index contributed by atoms with van der Waals surface area (Å²) in [4.78, 5) is 7.11. The molecule has 0 amide bonds. The first kappa shape index (κ1) is 22.7. The van der Waals surface area contributed by atoms with Gasteiger partial charge in [-0.25, -0.2) is 0 Å². The zero-order valence-electron chi connectivity index (χ0n) is 17.7. The molecule has 0 radical (unpaired) electrons. The Bertz CT molecular complexity index is 901. The van der Waals surface area contributed by atoms with Crippen LogP contribution < -0.4 is 20.5 Å². The molecule has 0 atom stereocenters. The summed E-state index contributed by atoms with van der Waals surface area (Å²) in [5.74, 6) is 1.92. The summed E-state index contributed by atoms with van der Waals surface area (Å²) in [7, 11) is 0. The number of nitrogens with one attached hydrogen (secondary N) is 1. The predicted octanol–water partition coefficient (Wildman–Crippen LogP) is 4.03. The average molecular weight is 522 g/mol. The second-order valence-corrected chi connectivity index (χ2v) is 8.29. The van der Waals surface area contributed by atoms with Crippen LogP contribution in [-0.4, -0.2) is 42.7 Å². The Hall–Kier alpha value is -2.00. The number of anilines is 1. The number of hydrogen-bond donors (Lipinski definition) is 2. The Kier molecular flexibility index (Phi) is 7.46. The van der Waals surface area contributed by atoms with Gasteiger partial charge in [0, 0.05) is 36.8 Å². The molecule has 0 spiro atoms. The van der Waals surface area contributed by atoms with Gasteiger partial charge in [-0.15, -0.1) is 24.0 Å². The van der Waals surface area contributed by atoms with Crippen LogP contribution in [0.3, 0.4) is 0 Å². The van der Waals surface area contributed by atoms with Crippen molar-refractivity contribution in [3.05, 3.63) is 53.6 Å². The number of nitrogens with zero attached hydrogens (tertiary/aromatic N) is 2. The number of ether oxygens (including phenoxy) is 2. The van der Waals surface area contributed by atoms with E-state index in [4.69, 9.17) is 15.2 Å². The number of halogens is 1. The Morgan fingerprint density at radius 1 is 1.10 bits per heavy atom. The standard InChI is InChI=1S/C23H30N4O2.HI/c1-23(2,27-11-10-17-6-3-4-7-18(17)15-27)16-25-22(24)26-19-8-9-20-21(14-19)29-13-5-12-28-20;/h3-4,6-9,14H,5,10-13,15-16H2,1-2H3,(H3,24,25,26);1H. The van der Waals surface area contributed by atoms with Crippen molar-refractivity contribution in [3.8, 4) is 11.5 Å². The van der Waals surface area contributed by atoms with Crippen LogP contribution in [0.1, 0.15) is 31.4 Å². The summed E-state index contributed by atoms with van der Waals surface area (Å²) in [5, 5.41) is 3.18. The first-order valence-corrected chi connectivity index (χ1v) is 10.3. The molecule has 4 rings (SSSR count). The van der Waals surface area contributed by atoms with Gasteiger partial charge < -0.3 is 20.5 Å². The highest BCUT2D eigenvalue weighted by Gasteiger charge is 2.29. The van der Waals surface area contributed by atoms with Gasteiger partial charge in [-0.3, -0.25) is 9.89 Å². The van der Waals surface area contributed by atoms with Gasteiger partial charge in [0.05, 0.1) is 19.8 Å². The van der Waals surface area contributed by atoms with Gasteiger partial charge in [0.15, 0.2) is 17.5 Å². The molecule has 2 aliphatic heterocycles. The van der Waals surface area contributed by atoms with Crippen molar-refractivity contribution in [3.63, 3.8) is 0 Å². The quantitative estimate of drug-likeness (QED) is 0.361. The SMILES string of the molecule is CC(C)(CN=C(N)Nc1ccc2c(c1)OCCCO2)N1CCc2ccccc2C1.I. The number of guanidine groups is 1. The number of rotatable bonds is 4. The van der Waals surface area contributed by atoms with Crippen molar-refractivity contribution >= 4 is 35.6 Å². The maximum atomic E-state index is 6.17. The molecule has 2 aliphatic rings. The van der Waals surface area contributed by atoms with Gasteiger partial charge in [-0.2, -0.15) is 0 Å². The molecule has 2 aromatic rings. The van der Waals surface area contributed by atoms with E-state index in [2.05, 4.69) is 53.3 Å². The van der Waals surface area contributed by atoms with E-state index in [9.17, 15) is 0 Å². The maximum absolute atomic E-state index is 6.17. The van der Waals surface area contributed by atoms with Crippen LogP contribution in [0, 0.1) is 0 Å². The largest absolute Gasteiger partial charge is 0.490 e. The number of benzene rings is 2. The van der Waals surface area contributed by atoms with Crippen LogP contribution >= 0.6 is 24.0 Å². The van der Waals surface area contributed by atoms with Crippen molar-refractivity contribution in [2.45, 2.75) is 38.8 Å². The van der Waals surface area contributed by atoms with Gasteiger partial charge in [0.1, 0.15) is 0 Å². The molecular formula is C23H31IN4O2. The van der Waals surface area contributed by atoms with Gasteiger partial charge in [-0.05, 0) is 43.5 Å². The molecule has 0 bridgehead atoms. The first-order chi connectivity index (χ1) is 14.0. The third kappa shape index (κ3) is 5.37. The van der Waals surface area contributed by atoms with E-state index >= 15 is 0 Å². The summed E-state index contributed by atoms with van der Waals surface area (Å²) in [5.41, 5.74) is 9.81. The lowest BCUT2D eigenvalue weighted by atomic mass is 9.94. The van der Waals surface area contributed by atoms with Crippen molar-refractivity contribution in [1.29, 1.82) is 0 Å². The molecule has 30 heavy (non-hydrogen) atoms. The summed E-state index contributed by atoms with van der Waals surface area (Å²) < 4.78 is 11.4. The van der Waals surface area contributed by atoms with Gasteiger partial charge in [0.25, 0.3) is 0 Å². The molecule has 2 aromatic carbocycles. The lowest BCUT2D eigenvalue weighted by Crippen LogP contribution is -2.49. The Labute approximate surface area is 195 Å². The smallest absolute Gasteiger partial charge is 0.193 e. The zero-order valence-corrected chi connectivity index (χ0v) is 20.0. The number of nitrogens with two attached hydrogens (primary N) is 1. The van der Waals surface area contributed by atoms with E-state index in [-0.39, 0.29) is 29.5 Å². The zero-order chi connectivity index (χ0) is 20.3. The summed E-state index contributed by atoms with van der Waals surface area (Å²) in [6, 6.07) is 14.4. The van der Waals surface area contributed by atoms with Crippen LogP contribution in [0.25, 0.3) is 0 Å². The van der Waals surface area contributed by atoms with Crippen molar-refractivity contribution in [2.24, 2.45) is 10.7 Å². The average Bonchev–Trinajstić information content (AvgIpc) is 2.97. The van der Waals surface area contributed by atoms with E-state index < -0.39 is 0 Å². The Morgan fingerprint density at radius 2 is 1.83 bits per heavy atom. The number of aliphatic imine (C=N–C) groups is 1. The molecule has 0 aromatic heterocycles. The van der Waals surface area contributed by atoms with Crippen LogP contribution in [-0.2, 0) is 13.0 Å². The topological polar surface area (TPSA) is 72.1 Å². The lowest BCUT2D eigenvalue weighted by molar-refractivity contribution is 0.112. The minimum absolute atomic E-state index is 0. The van der Waals surface area contributed by atoms with E-state index in [0.29, 0.717) is 25.7 Å². The van der Waals surface area contributed by atoms with Gasteiger partial charge in [-0.1, -0.05) is 24.3 Å². The van der Waals surface area contributed by atoms with E-state index in [0.717, 1.165) is 43.1 Å². The van der Waals surface area contributed by atoms with Crippen molar-refractivity contribution in [1.82, 2.24) is 4.90 Å². The number of fused-ring (bicyclic) bond motifs is 2. The number of hydrogen-bond acceptors (Lipinski definition) is 4. The van der Waals surface area contributed by atoms with Crippen LogP contribution in [0.2, 0.25) is 0 Å². The van der Waals surface area contributed by atoms with Crippen molar-refractivity contribution in [2.75, 3.05) is 31.6 Å². The van der Waals surface area contributed by atoms with Gasteiger partial charge >= 0.3 is 0 Å². The molecule has 162 valence electrons. The van der Waals surface area contributed by atoms with Crippen LogP contribution in [0.5, 0.6) is 11.5 Å². The van der Waals surface area contributed by atoms with Crippen LogP contribution in [0.4, 0.5) is 5.69 Å². The molecule has 3 N–H and O–H groups in total. The van der Waals surface area contributed by atoms with Gasteiger partial charge in [0.2, 0.25) is 0 Å². The maximum Gasteiger partial charge on any atom is 0.193 e. The minimum atomic E-state index is -0.0788. The fraction of sp³-hybridized carbons (Fsp3) is 0.435. The Morgan fingerprint density at radius 3 is 2.63 bits per heavy atom. The van der Waals surface area contributed by atoms with Crippen LogP contribution in [0.15, 0.2) is 47.5 Å². The summed E-state index contributed by atoms with van der Waals surface area (Å²) in [6.07, 6.45) is 1.96. The van der Waals surface area contributed by atoms with E-state index in [1.54, 1.807) is 0 Å². The lowest BCUT2D eigenvalue weighted by Gasteiger charge is -2.40. The normalized spacial score (nSPS) is 16.8. The monoisotopic (exact) mass is 522 g/mol. The predicted molar refractivity (Wildman–Crippen MR) is 132 cm³/mol. The van der Waals surface area contributed by atoms with E-state index in [1.165, 1.54) is 11.1 Å². The third-order valence-corrected chi connectivity index (χ3v) is 5.64. The second kappa shape index (κ2) is 9.87. The molecule has 7 heteroatoms. The highest BCUT2D eigenvalue weighted by atomic mass is 127. The Balaban J connectivity index is 0.00000256. The fourth-order valence-corrected chi connectivity index (χ4v) is 3.82. The molecular weight excluding hydrogens is 491 g/mol. The molecule has 0 unspecified atom stereocenters. The van der Waals surface area contributed by atoms with E-state index in [1.807, 2.05) is 18.2 Å². The molecule has 6 nitrogen and oxygen atoms in total. The first-order valence-electron chi connectivity index (χ1n) is 10.3. The highest BCUT2D eigenvalue weighted by Crippen LogP contribution is 2.32.